The Kier molecular flexibility index (Phi) is 3.26. The molecule has 1 saturated heterocycles. The van der Waals surface area contributed by atoms with E-state index in [0.717, 1.165) is 12.1 Å². The van der Waals surface area contributed by atoms with Crippen LogP contribution in [0.15, 0.2) is 18.3 Å². The summed E-state index contributed by atoms with van der Waals surface area (Å²) in [5.74, 6) is -0.108. The highest BCUT2D eigenvalue weighted by molar-refractivity contribution is 5.92. The van der Waals surface area contributed by atoms with Crippen LogP contribution in [0, 0.1) is 0 Å². The van der Waals surface area contributed by atoms with Crippen molar-refractivity contribution in [3.63, 3.8) is 0 Å². The molecule has 1 aromatic rings. The Morgan fingerprint density at radius 1 is 1.56 bits per heavy atom. The zero-order valence-electron chi connectivity index (χ0n) is 11.1. The lowest BCUT2D eigenvalue weighted by Crippen LogP contribution is -2.61. The van der Waals surface area contributed by atoms with Crippen LogP contribution in [0.5, 0.6) is 0 Å². The van der Waals surface area contributed by atoms with Gasteiger partial charge in [-0.2, -0.15) is 0 Å². The minimum atomic E-state index is -0.574. The molecule has 1 aromatic heterocycles. The molecule has 98 valence electrons. The molecule has 0 atom stereocenters. The normalized spacial score (nSPS) is 17.2. The van der Waals surface area contributed by atoms with Crippen molar-refractivity contribution in [3.05, 3.63) is 24.0 Å². The van der Waals surface area contributed by atoms with Crippen molar-refractivity contribution in [2.75, 3.05) is 32.1 Å². The fourth-order valence-corrected chi connectivity index (χ4v) is 2.03. The molecule has 1 aliphatic rings. The molecule has 1 fully saturated rings. The highest BCUT2D eigenvalue weighted by Gasteiger charge is 2.39. The minimum Gasteiger partial charge on any atom is -0.386 e. The van der Waals surface area contributed by atoms with Gasteiger partial charge in [0, 0.05) is 39.1 Å². The van der Waals surface area contributed by atoms with E-state index in [2.05, 4.69) is 9.88 Å². The predicted octanol–water partition coefficient (Wildman–Crippen LogP) is 0.745. The summed E-state index contributed by atoms with van der Waals surface area (Å²) in [5.41, 5.74) is 0.799. The first-order chi connectivity index (χ1) is 8.45. The topological polar surface area (TPSA) is 56.7 Å². The minimum absolute atomic E-state index is 0.108. The lowest BCUT2D eigenvalue weighted by molar-refractivity contribution is 0.00852. The predicted molar refractivity (Wildman–Crippen MR) is 69.7 cm³/mol. The number of carbonyl (C=O) groups is 1. The standard InChI is InChI=1S/C13H19N3O2/c1-4-13(18)8-16(9-13)10-5-6-14-11(7-10)12(17)15(2)3/h5-7,18H,4,8-9H2,1-3H3. The van der Waals surface area contributed by atoms with Crippen molar-refractivity contribution in [2.24, 2.45) is 0 Å². The molecular formula is C13H19N3O2. The Balaban J connectivity index is 2.12. The second-order valence-corrected chi connectivity index (χ2v) is 5.03. The summed E-state index contributed by atoms with van der Waals surface area (Å²) in [6, 6.07) is 3.64. The third-order valence-corrected chi connectivity index (χ3v) is 3.36. The highest BCUT2D eigenvalue weighted by atomic mass is 16.3. The Morgan fingerprint density at radius 3 is 2.78 bits per heavy atom. The first kappa shape index (κ1) is 12.8. The lowest BCUT2D eigenvalue weighted by Gasteiger charge is -2.47. The van der Waals surface area contributed by atoms with Gasteiger partial charge in [-0.3, -0.25) is 9.78 Å². The molecule has 2 rings (SSSR count). The first-order valence-electron chi connectivity index (χ1n) is 6.10. The van der Waals surface area contributed by atoms with Crippen LogP contribution in [0.3, 0.4) is 0 Å². The van der Waals surface area contributed by atoms with Gasteiger partial charge in [0.05, 0.1) is 5.60 Å². The maximum Gasteiger partial charge on any atom is 0.272 e. The summed E-state index contributed by atoms with van der Waals surface area (Å²) in [7, 11) is 3.41. The van der Waals surface area contributed by atoms with Gasteiger partial charge in [-0.05, 0) is 18.6 Å². The maximum atomic E-state index is 11.8. The van der Waals surface area contributed by atoms with Crippen LogP contribution in [0.4, 0.5) is 5.69 Å². The van der Waals surface area contributed by atoms with Gasteiger partial charge in [0.1, 0.15) is 5.69 Å². The third-order valence-electron chi connectivity index (χ3n) is 3.36. The molecule has 0 radical (unpaired) electrons. The van der Waals surface area contributed by atoms with Crippen LogP contribution in [-0.4, -0.2) is 53.7 Å². The van der Waals surface area contributed by atoms with Crippen molar-refractivity contribution in [1.82, 2.24) is 9.88 Å². The Bertz CT molecular complexity index is 453. The number of β-amino-alcohol motifs (C(OH)–C–C–N with tert-alkyl or cyclic N) is 1. The molecule has 5 heteroatoms. The molecule has 5 nitrogen and oxygen atoms in total. The van der Waals surface area contributed by atoms with Crippen LogP contribution in [-0.2, 0) is 0 Å². The molecule has 0 saturated carbocycles. The summed E-state index contributed by atoms with van der Waals surface area (Å²) >= 11 is 0. The zero-order valence-corrected chi connectivity index (χ0v) is 11.1. The lowest BCUT2D eigenvalue weighted by atomic mass is 9.91. The summed E-state index contributed by atoms with van der Waals surface area (Å²) < 4.78 is 0. The molecule has 1 amide bonds. The summed E-state index contributed by atoms with van der Waals surface area (Å²) in [6.07, 6.45) is 2.38. The van der Waals surface area contributed by atoms with E-state index in [0.29, 0.717) is 18.8 Å². The number of anilines is 1. The number of pyridine rings is 1. The van der Waals surface area contributed by atoms with Gasteiger partial charge in [-0.1, -0.05) is 6.92 Å². The van der Waals surface area contributed by atoms with Crippen LogP contribution in [0.2, 0.25) is 0 Å². The van der Waals surface area contributed by atoms with Crippen LogP contribution in [0.25, 0.3) is 0 Å². The van der Waals surface area contributed by atoms with E-state index in [-0.39, 0.29) is 5.91 Å². The van der Waals surface area contributed by atoms with Crippen molar-refractivity contribution in [1.29, 1.82) is 0 Å². The number of hydrogen-bond acceptors (Lipinski definition) is 4. The van der Waals surface area contributed by atoms with Gasteiger partial charge in [-0.25, -0.2) is 0 Å². The van der Waals surface area contributed by atoms with Crippen molar-refractivity contribution in [2.45, 2.75) is 18.9 Å². The second kappa shape index (κ2) is 4.57. The first-order valence-corrected chi connectivity index (χ1v) is 6.10. The number of aromatic nitrogens is 1. The molecular weight excluding hydrogens is 230 g/mol. The monoisotopic (exact) mass is 249 g/mol. The molecule has 1 aliphatic heterocycles. The van der Waals surface area contributed by atoms with E-state index in [1.807, 2.05) is 13.0 Å². The molecule has 0 aliphatic carbocycles. The van der Waals surface area contributed by atoms with Gasteiger partial charge < -0.3 is 14.9 Å². The van der Waals surface area contributed by atoms with E-state index in [1.165, 1.54) is 4.90 Å². The fraction of sp³-hybridized carbons (Fsp3) is 0.538. The highest BCUT2D eigenvalue weighted by Crippen LogP contribution is 2.29. The third kappa shape index (κ3) is 2.31. The number of amides is 1. The maximum absolute atomic E-state index is 11.8. The average molecular weight is 249 g/mol. The fourth-order valence-electron chi connectivity index (χ4n) is 2.03. The van der Waals surface area contributed by atoms with Crippen LogP contribution >= 0.6 is 0 Å². The van der Waals surface area contributed by atoms with E-state index < -0.39 is 5.60 Å². The van der Waals surface area contributed by atoms with E-state index in [9.17, 15) is 9.90 Å². The Morgan fingerprint density at radius 2 is 2.22 bits per heavy atom. The van der Waals surface area contributed by atoms with Crippen molar-refractivity contribution in [3.8, 4) is 0 Å². The molecule has 18 heavy (non-hydrogen) atoms. The van der Waals surface area contributed by atoms with Crippen LogP contribution in [0.1, 0.15) is 23.8 Å². The summed E-state index contributed by atoms with van der Waals surface area (Å²) in [5, 5.41) is 9.98. The van der Waals surface area contributed by atoms with Gasteiger partial charge in [-0.15, -0.1) is 0 Å². The van der Waals surface area contributed by atoms with Gasteiger partial charge in [0.2, 0.25) is 0 Å². The van der Waals surface area contributed by atoms with Gasteiger partial charge >= 0.3 is 0 Å². The van der Waals surface area contributed by atoms with E-state index in [1.54, 1.807) is 26.4 Å². The van der Waals surface area contributed by atoms with Crippen molar-refractivity contribution < 1.29 is 9.90 Å². The number of hydrogen-bond donors (Lipinski definition) is 1. The smallest absolute Gasteiger partial charge is 0.272 e. The molecule has 1 N–H and O–H groups in total. The quantitative estimate of drug-likeness (QED) is 0.858. The summed E-state index contributed by atoms with van der Waals surface area (Å²) in [6.45, 7) is 3.21. The average Bonchev–Trinajstić information content (AvgIpc) is 2.34. The number of nitrogens with zero attached hydrogens (tertiary/aromatic N) is 3. The van der Waals surface area contributed by atoms with Crippen molar-refractivity contribution >= 4 is 11.6 Å². The Labute approximate surface area is 107 Å². The number of aliphatic hydroxyl groups is 1. The zero-order chi connectivity index (χ0) is 13.3. The Hall–Kier alpha value is -1.62. The summed E-state index contributed by atoms with van der Waals surface area (Å²) in [4.78, 5) is 19.4. The SMILES string of the molecule is CCC1(O)CN(c2ccnc(C(=O)N(C)C)c2)C1. The van der Waals surface area contributed by atoms with Gasteiger partial charge in [0.25, 0.3) is 5.91 Å². The van der Waals surface area contributed by atoms with Crippen LogP contribution < -0.4 is 4.90 Å². The largest absolute Gasteiger partial charge is 0.386 e. The molecule has 0 bridgehead atoms. The number of rotatable bonds is 3. The molecule has 0 spiro atoms. The molecule has 2 heterocycles. The molecule has 0 aromatic carbocycles. The van der Waals surface area contributed by atoms with E-state index >= 15 is 0 Å². The van der Waals surface area contributed by atoms with E-state index in [4.69, 9.17) is 0 Å². The number of carbonyl (C=O) groups excluding carboxylic acids is 1. The molecule has 0 unspecified atom stereocenters. The second-order valence-electron chi connectivity index (χ2n) is 5.03. The van der Waals surface area contributed by atoms with Gasteiger partial charge in [0.15, 0.2) is 0 Å².